The van der Waals surface area contributed by atoms with Crippen molar-refractivity contribution in [2.45, 2.75) is 0 Å². The van der Waals surface area contributed by atoms with Crippen LogP contribution in [0.4, 0.5) is 0 Å². The number of benzene rings is 7. The maximum Gasteiger partial charge on any atom is 0.0708 e. The highest BCUT2D eigenvalue weighted by Crippen LogP contribution is 2.41. The first-order valence-corrected chi connectivity index (χ1v) is 15.4. The molecule has 9 aromatic rings. The summed E-state index contributed by atoms with van der Waals surface area (Å²) in [6, 6.07) is 52.7. The van der Waals surface area contributed by atoms with Gasteiger partial charge in [-0.25, -0.2) is 0 Å². The number of aromatic nitrogens is 1. The molecule has 0 aliphatic carbocycles. The van der Waals surface area contributed by atoms with Gasteiger partial charge in [-0.05, 0) is 73.5 Å². The van der Waals surface area contributed by atoms with Crippen LogP contribution in [0.15, 0.2) is 152 Å². The molecular weight excluding hydrogens is 539 g/mol. The maximum atomic E-state index is 4.99. The summed E-state index contributed by atoms with van der Waals surface area (Å²) in [5, 5.41) is 10.1. The van der Waals surface area contributed by atoms with E-state index in [1.165, 1.54) is 74.7 Å². The average Bonchev–Trinajstić information content (AvgIpc) is 3.47. The lowest BCUT2D eigenvalue weighted by Gasteiger charge is -2.12. The second kappa shape index (κ2) is 9.62. The van der Waals surface area contributed by atoms with Crippen LogP contribution in [0.1, 0.15) is 0 Å². The Kier molecular flexibility index (Phi) is 5.44. The molecule has 2 heteroatoms. The first-order chi connectivity index (χ1) is 21.3. The van der Waals surface area contributed by atoms with Gasteiger partial charge in [0.2, 0.25) is 0 Å². The number of rotatable bonds is 3. The van der Waals surface area contributed by atoms with Gasteiger partial charge in [-0.3, -0.25) is 4.98 Å². The number of hydrogen-bond acceptors (Lipinski definition) is 2. The standard InChI is InChI=1S/C41H25NS/c1-3-16-33-31(14-1)32-15-2-4-17-34(32)38-25-42-39(24-37(33)38)29-13-8-11-27(23-29)26-10-7-12-28(22-26)30-19-9-20-36-35-18-5-6-21-40(35)43-41(30)36/h1-25H. The van der Waals surface area contributed by atoms with E-state index in [1.54, 1.807) is 0 Å². The van der Waals surface area contributed by atoms with Gasteiger partial charge in [0, 0.05) is 37.3 Å². The Balaban J connectivity index is 1.17. The fourth-order valence-corrected chi connectivity index (χ4v) is 7.89. The molecule has 0 saturated heterocycles. The molecule has 0 unspecified atom stereocenters. The predicted octanol–water partition coefficient (Wildman–Crippen LogP) is 11.9. The smallest absolute Gasteiger partial charge is 0.0708 e. The van der Waals surface area contributed by atoms with Crippen molar-refractivity contribution in [3.8, 4) is 33.5 Å². The molecule has 0 aliphatic rings. The minimum atomic E-state index is 0.987. The van der Waals surface area contributed by atoms with Crippen molar-refractivity contribution in [2.24, 2.45) is 0 Å². The van der Waals surface area contributed by atoms with Gasteiger partial charge >= 0.3 is 0 Å². The molecule has 0 bridgehead atoms. The number of fused-ring (bicyclic) bond motifs is 9. The molecule has 200 valence electrons. The van der Waals surface area contributed by atoms with E-state index >= 15 is 0 Å². The Morgan fingerprint density at radius 3 is 1.65 bits per heavy atom. The minimum absolute atomic E-state index is 0.987. The molecule has 0 atom stereocenters. The summed E-state index contributed by atoms with van der Waals surface area (Å²) in [6.45, 7) is 0. The first-order valence-electron chi connectivity index (χ1n) is 14.6. The molecule has 0 saturated carbocycles. The van der Waals surface area contributed by atoms with Crippen LogP contribution in [0.5, 0.6) is 0 Å². The van der Waals surface area contributed by atoms with Crippen LogP contribution < -0.4 is 0 Å². The van der Waals surface area contributed by atoms with E-state index in [-0.39, 0.29) is 0 Å². The second-order valence-electron chi connectivity index (χ2n) is 11.1. The summed E-state index contributed by atoms with van der Waals surface area (Å²) in [5.41, 5.74) is 7.02. The minimum Gasteiger partial charge on any atom is -0.256 e. The number of nitrogens with zero attached hydrogens (tertiary/aromatic N) is 1. The summed E-state index contributed by atoms with van der Waals surface area (Å²) < 4.78 is 2.67. The van der Waals surface area contributed by atoms with Crippen LogP contribution in [0.3, 0.4) is 0 Å². The lowest BCUT2D eigenvalue weighted by molar-refractivity contribution is 1.36. The van der Waals surface area contributed by atoms with Gasteiger partial charge in [-0.1, -0.05) is 121 Å². The highest BCUT2D eigenvalue weighted by atomic mass is 32.1. The van der Waals surface area contributed by atoms with Crippen molar-refractivity contribution >= 4 is 63.8 Å². The lowest BCUT2D eigenvalue weighted by Crippen LogP contribution is -1.89. The van der Waals surface area contributed by atoms with E-state index in [2.05, 4.69) is 152 Å². The Bertz CT molecular complexity index is 2480. The number of hydrogen-bond donors (Lipinski definition) is 0. The Morgan fingerprint density at radius 1 is 0.372 bits per heavy atom. The molecule has 0 N–H and O–H groups in total. The molecule has 2 aromatic heterocycles. The van der Waals surface area contributed by atoms with Gasteiger partial charge in [0.25, 0.3) is 0 Å². The molecule has 1 nitrogen and oxygen atoms in total. The molecule has 7 aromatic carbocycles. The zero-order chi connectivity index (χ0) is 28.3. The number of thiophene rings is 1. The molecule has 0 aliphatic heterocycles. The maximum absolute atomic E-state index is 4.99. The quantitative estimate of drug-likeness (QED) is 0.195. The van der Waals surface area contributed by atoms with Crippen LogP contribution >= 0.6 is 11.3 Å². The van der Waals surface area contributed by atoms with Crippen LogP contribution in [0.25, 0.3) is 86.0 Å². The Morgan fingerprint density at radius 2 is 0.907 bits per heavy atom. The van der Waals surface area contributed by atoms with Gasteiger partial charge in [-0.2, -0.15) is 0 Å². The molecule has 0 radical (unpaired) electrons. The van der Waals surface area contributed by atoms with Crippen LogP contribution in [0.2, 0.25) is 0 Å². The zero-order valence-electron chi connectivity index (χ0n) is 23.3. The van der Waals surface area contributed by atoms with Gasteiger partial charge < -0.3 is 0 Å². The molecule has 0 amide bonds. The summed E-state index contributed by atoms with van der Waals surface area (Å²) in [6.07, 6.45) is 2.05. The SMILES string of the molecule is c1cc(-c2cccc(-c3cccc4c3sc3ccccc34)c2)cc(-c2cc3c4ccccc4c4ccccc4c3cn2)c1. The third kappa shape index (κ3) is 3.88. The van der Waals surface area contributed by atoms with Crippen molar-refractivity contribution < 1.29 is 0 Å². The monoisotopic (exact) mass is 563 g/mol. The Labute approximate surface area is 253 Å². The molecule has 9 rings (SSSR count). The van der Waals surface area contributed by atoms with E-state index in [4.69, 9.17) is 4.98 Å². The van der Waals surface area contributed by atoms with Crippen LogP contribution in [-0.2, 0) is 0 Å². The van der Waals surface area contributed by atoms with E-state index < -0.39 is 0 Å². The lowest BCUT2D eigenvalue weighted by atomic mass is 9.94. The largest absolute Gasteiger partial charge is 0.256 e. The van der Waals surface area contributed by atoms with Crippen molar-refractivity contribution in [3.05, 3.63) is 152 Å². The summed E-state index contributed by atoms with van der Waals surface area (Å²) >= 11 is 1.88. The molecule has 0 spiro atoms. The number of pyridine rings is 1. The van der Waals surface area contributed by atoms with Crippen LogP contribution in [-0.4, -0.2) is 4.98 Å². The van der Waals surface area contributed by atoms with Crippen molar-refractivity contribution in [1.82, 2.24) is 4.98 Å². The van der Waals surface area contributed by atoms with Crippen LogP contribution in [0, 0.1) is 0 Å². The van der Waals surface area contributed by atoms with Crippen molar-refractivity contribution in [1.29, 1.82) is 0 Å². The normalized spacial score (nSPS) is 11.7. The average molecular weight is 564 g/mol. The summed E-state index contributed by atoms with van der Waals surface area (Å²) in [7, 11) is 0. The van der Waals surface area contributed by atoms with Gasteiger partial charge in [0.1, 0.15) is 0 Å². The van der Waals surface area contributed by atoms with E-state index in [0.29, 0.717) is 0 Å². The topological polar surface area (TPSA) is 12.9 Å². The van der Waals surface area contributed by atoms with E-state index in [1.807, 2.05) is 11.3 Å². The summed E-state index contributed by atoms with van der Waals surface area (Å²) in [5.74, 6) is 0. The molecule has 0 fully saturated rings. The third-order valence-corrected chi connectivity index (χ3v) is 9.92. The highest BCUT2D eigenvalue weighted by Gasteiger charge is 2.13. The predicted molar refractivity (Wildman–Crippen MR) is 186 cm³/mol. The fraction of sp³-hybridized carbons (Fsp3) is 0. The second-order valence-corrected chi connectivity index (χ2v) is 12.2. The van der Waals surface area contributed by atoms with Crippen molar-refractivity contribution in [3.63, 3.8) is 0 Å². The van der Waals surface area contributed by atoms with E-state index in [9.17, 15) is 0 Å². The highest BCUT2D eigenvalue weighted by molar-refractivity contribution is 7.26. The van der Waals surface area contributed by atoms with Gasteiger partial charge in [0.05, 0.1) is 5.69 Å². The van der Waals surface area contributed by atoms with E-state index in [0.717, 1.165) is 11.3 Å². The first kappa shape index (κ1) is 24.3. The van der Waals surface area contributed by atoms with Crippen molar-refractivity contribution in [2.75, 3.05) is 0 Å². The third-order valence-electron chi connectivity index (χ3n) is 8.70. The molecular formula is C41H25NS. The Hall–Kier alpha value is -5.31. The summed E-state index contributed by atoms with van der Waals surface area (Å²) in [4.78, 5) is 4.99. The fourth-order valence-electron chi connectivity index (χ4n) is 6.66. The molecule has 43 heavy (non-hydrogen) atoms. The van der Waals surface area contributed by atoms with Gasteiger partial charge in [-0.15, -0.1) is 11.3 Å². The molecule has 2 heterocycles. The zero-order valence-corrected chi connectivity index (χ0v) is 24.1. The van der Waals surface area contributed by atoms with Gasteiger partial charge in [0.15, 0.2) is 0 Å².